The summed E-state index contributed by atoms with van der Waals surface area (Å²) < 4.78 is 30.4. The first-order chi connectivity index (χ1) is 11.7. The van der Waals surface area contributed by atoms with Gasteiger partial charge in [-0.05, 0) is 30.9 Å². The second kappa shape index (κ2) is 9.61. The summed E-state index contributed by atoms with van der Waals surface area (Å²) in [6, 6.07) is 8.22. The lowest BCUT2D eigenvalue weighted by Gasteiger charge is -2.13. The Balaban J connectivity index is 0.000000381. The number of rotatable bonds is 4. The summed E-state index contributed by atoms with van der Waals surface area (Å²) in [6.45, 7) is 1.88. The van der Waals surface area contributed by atoms with Gasteiger partial charge in [-0.15, -0.1) is 0 Å². The second-order valence-electron chi connectivity index (χ2n) is 5.64. The number of nitrogens with one attached hydrogen (secondary N) is 1. The maximum atomic E-state index is 12.5. The molecule has 9 heteroatoms. The Bertz CT molecular complexity index is 732. The third-order valence-electron chi connectivity index (χ3n) is 3.97. The molecule has 0 spiro atoms. The van der Waals surface area contributed by atoms with Gasteiger partial charge in [0.25, 0.3) is 0 Å². The number of ether oxygens (including phenoxy) is 1. The third-order valence-corrected chi connectivity index (χ3v) is 6.64. The Labute approximate surface area is 152 Å². The summed E-state index contributed by atoms with van der Waals surface area (Å²) in [4.78, 5) is 9.73. The molecule has 138 valence electrons. The molecule has 0 radical (unpaired) electrons. The maximum Gasteiger partial charge on any atom is 0.405 e. The summed E-state index contributed by atoms with van der Waals surface area (Å²) >= 11 is 5.98. The minimum Gasteiger partial charge on any atom is -0.465 e. The summed E-state index contributed by atoms with van der Waals surface area (Å²) in [7, 11) is -1.73. The smallest absolute Gasteiger partial charge is 0.405 e. The first-order valence-electron chi connectivity index (χ1n) is 7.59. The van der Waals surface area contributed by atoms with Crippen LogP contribution in [0.4, 0.5) is 4.79 Å². The number of hydrogen-bond donors (Lipinski definition) is 2. The van der Waals surface area contributed by atoms with Gasteiger partial charge in [0, 0.05) is 7.11 Å². The van der Waals surface area contributed by atoms with Crippen LogP contribution in [-0.4, -0.2) is 44.6 Å². The van der Waals surface area contributed by atoms with Gasteiger partial charge >= 0.3 is 6.09 Å². The van der Waals surface area contributed by atoms with E-state index in [9.17, 15) is 13.2 Å². The fourth-order valence-corrected chi connectivity index (χ4v) is 5.13. The van der Waals surface area contributed by atoms with Crippen LogP contribution < -0.4 is 5.32 Å². The third kappa shape index (κ3) is 5.88. The van der Waals surface area contributed by atoms with Crippen molar-refractivity contribution in [3.05, 3.63) is 29.3 Å². The molecular weight excluding hydrogens is 368 g/mol. The predicted octanol–water partition coefficient (Wildman–Crippen LogP) is 2.70. The SMILES string of the molecule is CO[C@@H]1C[C@H](S(=O)(=O)c2ccccc2Cl)C[C@H]1C.N#CCNC(=O)O. The van der Waals surface area contributed by atoms with E-state index in [-0.39, 0.29) is 23.5 Å². The van der Waals surface area contributed by atoms with E-state index in [1.54, 1.807) is 37.4 Å². The number of carbonyl (C=O) groups is 1. The number of sulfone groups is 1. The van der Waals surface area contributed by atoms with Gasteiger partial charge in [0.1, 0.15) is 6.54 Å². The van der Waals surface area contributed by atoms with Crippen LogP contribution in [0.2, 0.25) is 5.02 Å². The van der Waals surface area contributed by atoms with Gasteiger partial charge in [0.05, 0.1) is 27.3 Å². The second-order valence-corrected chi connectivity index (χ2v) is 8.24. The van der Waals surface area contributed by atoms with E-state index in [0.717, 1.165) is 0 Å². The Morgan fingerprint density at radius 1 is 1.44 bits per heavy atom. The first-order valence-corrected chi connectivity index (χ1v) is 9.51. The molecule has 1 saturated carbocycles. The molecule has 1 aromatic rings. The minimum absolute atomic E-state index is 0.0206. The fraction of sp³-hybridized carbons (Fsp3) is 0.500. The van der Waals surface area contributed by atoms with Crippen LogP contribution in [0.3, 0.4) is 0 Å². The highest BCUT2D eigenvalue weighted by Gasteiger charge is 2.40. The average Bonchev–Trinajstić information content (AvgIpc) is 2.95. The maximum absolute atomic E-state index is 12.5. The predicted molar refractivity (Wildman–Crippen MR) is 93.3 cm³/mol. The van der Waals surface area contributed by atoms with E-state index in [1.165, 1.54) is 0 Å². The van der Waals surface area contributed by atoms with Crippen molar-refractivity contribution < 1.29 is 23.1 Å². The molecule has 2 N–H and O–H groups in total. The molecule has 25 heavy (non-hydrogen) atoms. The van der Waals surface area contributed by atoms with E-state index >= 15 is 0 Å². The van der Waals surface area contributed by atoms with Crippen LogP contribution in [-0.2, 0) is 14.6 Å². The molecule has 7 nitrogen and oxygen atoms in total. The van der Waals surface area contributed by atoms with Gasteiger partial charge in [0.15, 0.2) is 9.84 Å². The monoisotopic (exact) mass is 388 g/mol. The molecule has 1 aliphatic carbocycles. The lowest BCUT2D eigenvalue weighted by molar-refractivity contribution is 0.0775. The summed E-state index contributed by atoms with van der Waals surface area (Å²) in [5.74, 6) is 0.261. The highest BCUT2D eigenvalue weighted by molar-refractivity contribution is 7.92. The molecule has 1 aromatic carbocycles. The number of amides is 1. The molecule has 2 rings (SSSR count). The number of hydrogen-bond acceptors (Lipinski definition) is 5. The summed E-state index contributed by atoms with van der Waals surface area (Å²) in [6.07, 6.45) is 0.0332. The van der Waals surface area contributed by atoms with Crippen LogP contribution in [0.5, 0.6) is 0 Å². The molecule has 0 heterocycles. The molecule has 0 aromatic heterocycles. The number of nitriles is 1. The van der Waals surface area contributed by atoms with Crippen molar-refractivity contribution in [3.8, 4) is 6.07 Å². The molecule has 0 saturated heterocycles. The zero-order valence-electron chi connectivity index (χ0n) is 14.0. The van der Waals surface area contributed by atoms with Crippen molar-refractivity contribution in [2.75, 3.05) is 13.7 Å². The molecule has 0 bridgehead atoms. The average molecular weight is 389 g/mol. The van der Waals surface area contributed by atoms with E-state index in [2.05, 4.69) is 0 Å². The molecule has 0 aliphatic heterocycles. The minimum atomic E-state index is -3.36. The van der Waals surface area contributed by atoms with E-state index in [1.807, 2.05) is 12.2 Å². The number of benzene rings is 1. The zero-order chi connectivity index (χ0) is 19.0. The van der Waals surface area contributed by atoms with E-state index in [0.29, 0.717) is 17.9 Å². The number of halogens is 1. The van der Waals surface area contributed by atoms with Crippen LogP contribution >= 0.6 is 11.6 Å². The quantitative estimate of drug-likeness (QED) is 0.766. The Kier molecular flexibility index (Phi) is 8.16. The van der Waals surface area contributed by atoms with Crippen molar-refractivity contribution in [2.24, 2.45) is 5.92 Å². The van der Waals surface area contributed by atoms with Crippen LogP contribution in [0, 0.1) is 17.2 Å². The molecule has 1 aliphatic rings. The van der Waals surface area contributed by atoms with Crippen molar-refractivity contribution in [1.82, 2.24) is 5.32 Å². The number of carboxylic acid groups (broad SMARTS) is 1. The highest BCUT2D eigenvalue weighted by Crippen LogP contribution is 2.36. The van der Waals surface area contributed by atoms with Crippen LogP contribution in [0.25, 0.3) is 0 Å². The van der Waals surface area contributed by atoms with Crippen molar-refractivity contribution in [2.45, 2.75) is 36.0 Å². The zero-order valence-corrected chi connectivity index (χ0v) is 15.5. The van der Waals surface area contributed by atoms with Gasteiger partial charge < -0.3 is 15.2 Å². The Morgan fingerprint density at radius 2 is 2.08 bits per heavy atom. The van der Waals surface area contributed by atoms with Gasteiger partial charge in [-0.25, -0.2) is 13.2 Å². The lowest BCUT2D eigenvalue weighted by Crippen LogP contribution is -2.20. The van der Waals surface area contributed by atoms with E-state index in [4.69, 9.17) is 26.7 Å². The molecule has 3 atom stereocenters. The van der Waals surface area contributed by atoms with E-state index < -0.39 is 21.2 Å². The van der Waals surface area contributed by atoms with Crippen molar-refractivity contribution in [3.63, 3.8) is 0 Å². The molecule has 1 amide bonds. The van der Waals surface area contributed by atoms with Gasteiger partial charge in [0.2, 0.25) is 0 Å². The standard InChI is InChI=1S/C13H17ClO3S.C3H4N2O2/c1-9-7-10(8-12(9)17-2)18(15,16)13-6-4-3-5-11(13)14;4-1-2-5-3(6)7/h3-6,9-10,12H,7-8H2,1-2H3;5H,2H2,(H,6,7)/t9-,10-,12-;/m1./s1. The topological polar surface area (TPSA) is 116 Å². The van der Waals surface area contributed by atoms with Gasteiger partial charge in [-0.1, -0.05) is 30.7 Å². The number of nitrogens with zero attached hydrogens (tertiary/aromatic N) is 1. The van der Waals surface area contributed by atoms with Gasteiger partial charge in [-0.2, -0.15) is 5.26 Å². The normalized spacial score (nSPS) is 22.4. The van der Waals surface area contributed by atoms with Crippen molar-refractivity contribution in [1.29, 1.82) is 5.26 Å². The summed E-state index contributed by atoms with van der Waals surface area (Å²) in [5, 5.41) is 17.3. The van der Waals surface area contributed by atoms with Crippen LogP contribution in [0.15, 0.2) is 29.2 Å². The van der Waals surface area contributed by atoms with Crippen LogP contribution in [0.1, 0.15) is 19.8 Å². The fourth-order valence-electron chi connectivity index (χ4n) is 2.71. The Morgan fingerprint density at radius 3 is 2.52 bits per heavy atom. The molecular formula is C16H21ClN2O5S. The largest absolute Gasteiger partial charge is 0.465 e. The molecule has 1 fully saturated rings. The highest BCUT2D eigenvalue weighted by atomic mass is 35.5. The summed E-state index contributed by atoms with van der Waals surface area (Å²) in [5.41, 5.74) is 0. The van der Waals surface area contributed by atoms with Gasteiger partial charge in [-0.3, -0.25) is 0 Å². The Hall–Kier alpha value is -1.82. The lowest BCUT2D eigenvalue weighted by atomic mass is 10.1. The first kappa shape index (κ1) is 21.2. The number of methoxy groups -OCH3 is 1. The molecule has 0 unspecified atom stereocenters. The van der Waals surface area contributed by atoms with Crippen molar-refractivity contribution >= 4 is 27.5 Å².